The van der Waals surface area contributed by atoms with Crippen LogP contribution < -0.4 is 5.32 Å². The molecule has 0 bridgehead atoms. The van der Waals surface area contributed by atoms with Crippen LogP contribution in [0.5, 0.6) is 0 Å². The summed E-state index contributed by atoms with van der Waals surface area (Å²) in [6.07, 6.45) is 7.29. The summed E-state index contributed by atoms with van der Waals surface area (Å²) in [7, 11) is 0. The lowest BCUT2D eigenvalue weighted by Crippen LogP contribution is -2.10. The van der Waals surface area contributed by atoms with Gasteiger partial charge in [0.05, 0.1) is 18.4 Å². The molecule has 0 amide bonds. The van der Waals surface area contributed by atoms with Gasteiger partial charge in [-0.1, -0.05) is 0 Å². The Morgan fingerprint density at radius 2 is 2.33 bits per heavy atom. The monoisotopic (exact) mass is 266 g/mol. The SMILES string of the molecule is Brc1cncc(NCCn2cccn2)c1. The molecule has 78 valence electrons. The van der Waals surface area contributed by atoms with E-state index in [1.165, 1.54) is 0 Å². The van der Waals surface area contributed by atoms with E-state index in [9.17, 15) is 0 Å². The highest BCUT2D eigenvalue weighted by Crippen LogP contribution is 2.13. The molecule has 0 radical (unpaired) electrons. The van der Waals surface area contributed by atoms with E-state index in [0.29, 0.717) is 0 Å². The summed E-state index contributed by atoms with van der Waals surface area (Å²) in [4.78, 5) is 4.07. The van der Waals surface area contributed by atoms with E-state index >= 15 is 0 Å². The van der Waals surface area contributed by atoms with Crippen molar-refractivity contribution in [2.24, 2.45) is 0 Å². The van der Waals surface area contributed by atoms with Gasteiger partial charge in [0.25, 0.3) is 0 Å². The van der Waals surface area contributed by atoms with Crippen molar-refractivity contribution in [2.45, 2.75) is 6.54 Å². The van der Waals surface area contributed by atoms with Gasteiger partial charge in [0.15, 0.2) is 0 Å². The number of halogens is 1. The number of aromatic nitrogens is 3. The molecule has 0 aromatic carbocycles. The van der Waals surface area contributed by atoms with Crippen LogP contribution in [0.25, 0.3) is 0 Å². The molecule has 0 aliphatic carbocycles. The van der Waals surface area contributed by atoms with Gasteiger partial charge in [0.2, 0.25) is 0 Å². The number of hydrogen-bond donors (Lipinski definition) is 1. The van der Waals surface area contributed by atoms with Gasteiger partial charge in [0.1, 0.15) is 0 Å². The number of nitrogens with zero attached hydrogens (tertiary/aromatic N) is 3. The molecular formula is C10H11BrN4. The van der Waals surface area contributed by atoms with Gasteiger partial charge in [0, 0.05) is 29.6 Å². The number of rotatable bonds is 4. The molecule has 0 aliphatic rings. The molecule has 0 saturated carbocycles. The zero-order chi connectivity index (χ0) is 10.5. The fourth-order valence-corrected chi connectivity index (χ4v) is 1.62. The van der Waals surface area contributed by atoms with Crippen LogP contribution in [0.3, 0.4) is 0 Å². The van der Waals surface area contributed by atoms with Crippen LogP contribution in [-0.4, -0.2) is 21.3 Å². The van der Waals surface area contributed by atoms with Crippen LogP contribution in [0, 0.1) is 0 Å². The largest absolute Gasteiger partial charge is 0.382 e. The molecule has 4 nitrogen and oxygen atoms in total. The normalized spacial score (nSPS) is 10.2. The summed E-state index contributed by atoms with van der Waals surface area (Å²) < 4.78 is 2.87. The summed E-state index contributed by atoms with van der Waals surface area (Å²) in [6.45, 7) is 1.68. The molecule has 2 heterocycles. The topological polar surface area (TPSA) is 42.7 Å². The van der Waals surface area contributed by atoms with Gasteiger partial charge in [-0.15, -0.1) is 0 Å². The number of hydrogen-bond acceptors (Lipinski definition) is 3. The van der Waals surface area contributed by atoms with Crippen LogP contribution in [0.4, 0.5) is 5.69 Å². The number of nitrogens with one attached hydrogen (secondary N) is 1. The van der Waals surface area contributed by atoms with E-state index in [0.717, 1.165) is 23.2 Å². The molecule has 0 saturated heterocycles. The maximum absolute atomic E-state index is 4.12. The van der Waals surface area contributed by atoms with E-state index in [1.54, 1.807) is 18.6 Å². The van der Waals surface area contributed by atoms with Gasteiger partial charge in [-0.2, -0.15) is 5.10 Å². The van der Waals surface area contributed by atoms with Crippen molar-refractivity contribution < 1.29 is 0 Å². The summed E-state index contributed by atoms with van der Waals surface area (Å²) in [6, 6.07) is 3.91. The fraction of sp³-hybridized carbons (Fsp3) is 0.200. The molecule has 2 aromatic heterocycles. The number of anilines is 1. The van der Waals surface area contributed by atoms with Crippen LogP contribution in [0.1, 0.15) is 0 Å². The average molecular weight is 267 g/mol. The predicted molar refractivity (Wildman–Crippen MR) is 62.7 cm³/mol. The standard InChI is InChI=1S/C10H11BrN4/c11-9-6-10(8-12-7-9)13-3-5-15-4-1-2-14-15/h1-2,4,6-8,13H,3,5H2. The van der Waals surface area contributed by atoms with Crippen LogP contribution in [0.2, 0.25) is 0 Å². The third kappa shape index (κ3) is 3.06. The molecule has 0 spiro atoms. The van der Waals surface area contributed by atoms with E-state index < -0.39 is 0 Å². The summed E-state index contributed by atoms with van der Waals surface area (Å²) in [5.41, 5.74) is 1.01. The van der Waals surface area contributed by atoms with Crippen LogP contribution >= 0.6 is 15.9 Å². The van der Waals surface area contributed by atoms with Gasteiger partial charge < -0.3 is 5.32 Å². The third-order valence-corrected chi connectivity index (χ3v) is 2.37. The summed E-state index contributed by atoms with van der Waals surface area (Å²) >= 11 is 3.37. The second-order valence-corrected chi connectivity index (χ2v) is 4.00. The zero-order valence-corrected chi connectivity index (χ0v) is 9.68. The molecule has 0 unspecified atom stereocenters. The molecule has 0 fully saturated rings. The predicted octanol–water partition coefficient (Wildman–Crippen LogP) is 2.15. The van der Waals surface area contributed by atoms with Crippen molar-refractivity contribution in [3.63, 3.8) is 0 Å². The Morgan fingerprint density at radius 1 is 1.40 bits per heavy atom. The van der Waals surface area contributed by atoms with Crippen molar-refractivity contribution in [3.8, 4) is 0 Å². The van der Waals surface area contributed by atoms with Crippen molar-refractivity contribution >= 4 is 21.6 Å². The molecule has 0 aliphatic heterocycles. The maximum atomic E-state index is 4.12. The molecular weight excluding hydrogens is 256 g/mol. The van der Waals surface area contributed by atoms with Crippen molar-refractivity contribution in [1.29, 1.82) is 0 Å². The fourth-order valence-electron chi connectivity index (χ4n) is 1.26. The summed E-state index contributed by atoms with van der Waals surface area (Å²) in [5.74, 6) is 0. The minimum Gasteiger partial charge on any atom is -0.382 e. The molecule has 2 rings (SSSR count). The Morgan fingerprint density at radius 3 is 3.07 bits per heavy atom. The molecule has 5 heteroatoms. The second-order valence-electron chi connectivity index (χ2n) is 3.09. The molecule has 2 aromatic rings. The summed E-state index contributed by atoms with van der Waals surface area (Å²) in [5, 5.41) is 7.39. The van der Waals surface area contributed by atoms with Gasteiger partial charge in [-0.05, 0) is 28.1 Å². The van der Waals surface area contributed by atoms with E-state index in [4.69, 9.17) is 0 Å². The molecule has 15 heavy (non-hydrogen) atoms. The minimum absolute atomic E-state index is 0.833. The van der Waals surface area contributed by atoms with Crippen molar-refractivity contribution in [1.82, 2.24) is 14.8 Å². The Balaban J connectivity index is 1.83. The molecule has 0 atom stereocenters. The van der Waals surface area contributed by atoms with Crippen LogP contribution in [-0.2, 0) is 6.54 Å². The first kappa shape index (κ1) is 10.2. The average Bonchev–Trinajstić information content (AvgIpc) is 2.71. The van der Waals surface area contributed by atoms with Gasteiger partial charge in [-0.25, -0.2) is 0 Å². The highest BCUT2D eigenvalue weighted by atomic mass is 79.9. The van der Waals surface area contributed by atoms with Crippen LogP contribution in [0.15, 0.2) is 41.4 Å². The highest BCUT2D eigenvalue weighted by molar-refractivity contribution is 9.10. The lowest BCUT2D eigenvalue weighted by Gasteiger charge is -2.06. The van der Waals surface area contributed by atoms with E-state index in [-0.39, 0.29) is 0 Å². The highest BCUT2D eigenvalue weighted by Gasteiger charge is 1.94. The van der Waals surface area contributed by atoms with Crippen molar-refractivity contribution in [2.75, 3.05) is 11.9 Å². The lowest BCUT2D eigenvalue weighted by atomic mass is 10.4. The lowest BCUT2D eigenvalue weighted by molar-refractivity contribution is 0.638. The Bertz CT molecular complexity index is 413. The quantitative estimate of drug-likeness (QED) is 0.923. The third-order valence-electron chi connectivity index (χ3n) is 1.93. The smallest absolute Gasteiger partial charge is 0.0582 e. The Hall–Kier alpha value is -1.36. The van der Waals surface area contributed by atoms with Gasteiger partial charge >= 0.3 is 0 Å². The Kier molecular flexibility index (Phi) is 3.34. The van der Waals surface area contributed by atoms with E-state index in [2.05, 4.69) is 31.3 Å². The maximum Gasteiger partial charge on any atom is 0.0582 e. The first-order valence-electron chi connectivity index (χ1n) is 4.66. The van der Waals surface area contributed by atoms with Crippen molar-refractivity contribution in [3.05, 3.63) is 41.4 Å². The second kappa shape index (κ2) is 4.93. The first-order valence-corrected chi connectivity index (χ1v) is 5.46. The zero-order valence-electron chi connectivity index (χ0n) is 8.10. The first-order chi connectivity index (χ1) is 7.34. The Labute approximate surface area is 96.5 Å². The van der Waals surface area contributed by atoms with E-state index in [1.807, 2.05) is 23.0 Å². The van der Waals surface area contributed by atoms with Gasteiger partial charge in [-0.3, -0.25) is 9.67 Å². The molecule has 1 N–H and O–H groups in total. The minimum atomic E-state index is 0.833. The number of pyridine rings is 1.